The second-order valence-electron chi connectivity index (χ2n) is 5.88. The van der Waals surface area contributed by atoms with Crippen LogP contribution in [-0.2, 0) is 4.79 Å². The Labute approximate surface area is 111 Å². The normalized spacial score (nSPS) is 22.9. The smallest absolute Gasteiger partial charge is 0.223 e. The van der Waals surface area contributed by atoms with Crippen LogP contribution in [0.5, 0.6) is 0 Å². The lowest BCUT2D eigenvalue weighted by Gasteiger charge is -2.19. The molecule has 0 atom stereocenters. The van der Waals surface area contributed by atoms with Crippen molar-refractivity contribution in [2.24, 2.45) is 5.92 Å². The van der Waals surface area contributed by atoms with Crippen LogP contribution in [0.4, 0.5) is 0 Å². The predicted molar refractivity (Wildman–Crippen MR) is 74.5 cm³/mol. The lowest BCUT2D eigenvalue weighted by Crippen LogP contribution is -2.33. The molecule has 1 saturated heterocycles. The summed E-state index contributed by atoms with van der Waals surface area (Å²) in [4.78, 5) is 14.4. The molecular formula is C15H28N2O. The molecule has 1 saturated carbocycles. The Morgan fingerprint density at radius 3 is 2.33 bits per heavy atom. The van der Waals surface area contributed by atoms with Gasteiger partial charge in [0.15, 0.2) is 0 Å². The third-order valence-electron chi connectivity index (χ3n) is 4.37. The van der Waals surface area contributed by atoms with Gasteiger partial charge in [0, 0.05) is 12.5 Å². The molecule has 0 radical (unpaired) electrons. The molecule has 1 amide bonds. The van der Waals surface area contributed by atoms with Crippen LogP contribution in [0.15, 0.2) is 0 Å². The Hall–Kier alpha value is -0.570. The summed E-state index contributed by atoms with van der Waals surface area (Å²) >= 11 is 0. The first-order valence-electron chi connectivity index (χ1n) is 7.86. The standard InChI is InChI=1S/C15H28N2O/c18-15(14-8-3-4-9-14)16-10-7-13-17-11-5-1-2-6-12-17/h14H,1-13H2,(H,16,18). The van der Waals surface area contributed by atoms with Crippen molar-refractivity contribution in [1.82, 2.24) is 10.2 Å². The summed E-state index contributed by atoms with van der Waals surface area (Å²) in [6, 6.07) is 0. The van der Waals surface area contributed by atoms with E-state index in [0.717, 1.165) is 32.4 Å². The fourth-order valence-electron chi connectivity index (χ4n) is 3.21. The third-order valence-corrected chi connectivity index (χ3v) is 4.37. The van der Waals surface area contributed by atoms with Crippen LogP contribution in [-0.4, -0.2) is 37.0 Å². The molecule has 0 aromatic carbocycles. The van der Waals surface area contributed by atoms with Crippen molar-refractivity contribution in [1.29, 1.82) is 0 Å². The second-order valence-corrected chi connectivity index (χ2v) is 5.88. The highest BCUT2D eigenvalue weighted by Gasteiger charge is 2.21. The van der Waals surface area contributed by atoms with Crippen LogP contribution in [0.2, 0.25) is 0 Å². The van der Waals surface area contributed by atoms with E-state index in [1.54, 1.807) is 0 Å². The Morgan fingerprint density at radius 1 is 1.00 bits per heavy atom. The summed E-state index contributed by atoms with van der Waals surface area (Å²) in [6.45, 7) is 4.55. The summed E-state index contributed by atoms with van der Waals surface area (Å²) < 4.78 is 0. The molecule has 18 heavy (non-hydrogen) atoms. The van der Waals surface area contributed by atoms with Crippen LogP contribution in [0.1, 0.15) is 57.8 Å². The van der Waals surface area contributed by atoms with Gasteiger partial charge in [0.25, 0.3) is 0 Å². The van der Waals surface area contributed by atoms with E-state index >= 15 is 0 Å². The van der Waals surface area contributed by atoms with Gasteiger partial charge in [-0.15, -0.1) is 0 Å². The van der Waals surface area contributed by atoms with Crippen molar-refractivity contribution in [3.63, 3.8) is 0 Å². The van der Waals surface area contributed by atoms with Crippen molar-refractivity contribution in [3.05, 3.63) is 0 Å². The molecule has 2 fully saturated rings. The van der Waals surface area contributed by atoms with Crippen molar-refractivity contribution in [3.8, 4) is 0 Å². The molecule has 0 aromatic heterocycles. The SMILES string of the molecule is O=C(NCCCN1CCCCCC1)C1CCCC1. The predicted octanol–water partition coefficient (Wildman–Crippen LogP) is 2.56. The number of amides is 1. The highest BCUT2D eigenvalue weighted by Crippen LogP contribution is 2.24. The van der Waals surface area contributed by atoms with Crippen molar-refractivity contribution in [2.75, 3.05) is 26.2 Å². The minimum atomic E-state index is 0.309. The van der Waals surface area contributed by atoms with E-state index in [4.69, 9.17) is 0 Å². The van der Waals surface area contributed by atoms with E-state index in [9.17, 15) is 4.79 Å². The summed E-state index contributed by atoms with van der Waals surface area (Å²) in [5, 5.41) is 3.11. The van der Waals surface area contributed by atoms with Gasteiger partial charge < -0.3 is 10.2 Å². The first-order valence-corrected chi connectivity index (χ1v) is 7.86. The van der Waals surface area contributed by atoms with E-state index in [2.05, 4.69) is 10.2 Å². The minimum absolute atomic E-state index is 0.309. The van der Waals surface area contributed by atoms with E-state index in [0.29, 0.717) is 11.8 Å². The average molecular weight is 252 g/mol. The van der Waals surface area contributed by atoms with Crippen LogP contribution in [0, 0.1) is 5.92 Å². The second kappa shape index (κ2) is 7.78. The van der Waals surface area contributed by atoms with E-state index in [1.807, 2.05) is 0 Å². The van der Waals surface area contributed by atoms with Gasteiger partial charge in [-0.05, 0) is 51.7 Å². The fourth-order valence-corrected chi connectivity index (χ4v) is 3.21. The molecular weight excluding hydrogens is 224 g/mol. The molecule has 1 aliphatic heterocycles. The highest BCUT2D eigenvalue weighted by atomic mass is 16.1. The Bertz CT molecular complexity index is 241. The van der Waals surface area contributed by atoms with E-state index < -0.39 is 0 Å². The fraction of sp³-hybridized carbons (Fsp3) is 0.933. The molecule has 1 heterocycles. The molecule has 0 unspecified atom stereocenters. The first-order chi connectivity index (χ1) is 8.86. The Morgan fingerprint density at radius 2 is 1.67 bits per heavy atom. The zero-order valence-corrected chi connectivity index (χ0v) is 11.6. The molecule has 0 bridgehead atoms. The maximum atomic E-state index is 11.8. The van der Waals surface area contributed by atoms with Gasteiger partial charge in [0.05, 0.1) is 0 Å². The topological polar surface area (TPSA) is 32.3 Å². The summed E-state index contributed by atoms with van der Waals surface area (Å²) in [5.74, 6) is 0.631. The Kier molecular flexibility index (Phi) is 5.98. The van der Waals surface area contributed by atoms with Gasteiger partial charge in [-0.25, -0.2) is 0 Å². The average Bonchev–Trinajstić information content (AvgIpc) is 2.80. The quantitative estimate of drug-likeness (QED) is 0.763. The molecule has 0 aromatic rings. The first kappa shape index (κ1) is 13.9. The van der Waals surface area contributed by atoms with Gasteiger partial charge in [0.1, 0.15) is 0 Å². The van der Waals surface area contributed by atoms with Crippen LogP contribution in [0.25, 0.3) is 0 Å². The molecule has 0 spiro atoms. The number of likely N-dealkylation sites (tertiary alicyclic amines) is 1. The number of nitrogens with zero attached hydrogens (tertiary/aromatic N) is 1. The number of rotatable bonds is 5. The van der Waals surface area contributed by atoms with Gasteiger partial charge >= 0.3 is 0 Å². The highest BCUT2D eigenvalue weighted by molar-refractivity contribution is 5.78. The van der Waals surface area contributed by atoms with Crippen LogP contribution in [0.3, 0.4) is 0 Å². The lowest BCUT2D eigenvalue weighted by atomic mass is 10.1. The van der Waals surface area contributed by atoms with Crippen LogP contribution < -0.4 is 5.32 Å². The van der Waals surface area contributed by atoms with E-state index in [-0.39, 0.29) is 0 Å². The monoisotopic (exact) mass is 252 g/mol. The summed E-state index contributed by atoms with van der Waals surface area (Å²) in [6.07, 6.45) is 11.3. The van der Waals surface area contributed by atoms with Gasteiger partial charge in [0.2, 0.25) is 5.91 Å². The molecule has 1 aliphatic carbocycles. The molecule has 3 nitrogen and oxygen atoms in total. The van der Waals surface area contributed by atoms with Gasteiger partial charge in [-0.1, -0.05) is 25.7 Å². The summed E-state index contributed by atoms with van der Waals surface area (Å²) in [5.41, 5.74) is 0. The number of hydrogen-bond acceptors (Lipinski definition) is 2. The maximum Gasteiger partial charge on any atom is 0.223 e. The zero-order chi connectivity index (χ0) is 12.6. The number of nitrogens with one attached hydrogen (secondary N) is 1. The number of carbonyl (C=O) groups excluding carboxylic acids is 1. The van der Waals surface area contributed by atoms with Crippen molar-refractivity contribution < 1.29 is 4.79 Å². The van der Waals surface area contributed by atoms with Crippen molar-refractivity contribution in [2.45, 2.75) is 57.8 Å². The lowest BCUT2D eigenvalue weighted by molar-refractivity contribution is -0.124. The van der Waals surface area contributed by atoms with E-state index in [1.165, 1.54) is 51.6 Å². The molecule has 2 aliphatic rings. The Balaban J connectivity index is 1.53. The summed E-state index contributed by atoms with van der Waals surface area (Å²) in [7, 11) is 0. The molecule has 2 rings (SSSR count). The number of carbonyl (C=O) groups is 1. The number of hydrogen-bond donors (Lipinski definition) is 1. The maximum absolute atomic E-state index is 11.8. The molecule has 104 valence electrons. The largest absolute Gasteiger partial charge is 0.356 e. The van der Waals surface area contributed by atoms with Crippen LogP contribution >= 0.6 is 0 Å². The molecule has 3 heteroatoms. The van der Waals surface area contributed by atoms with Gasteiger partial charge in [-0.2, -0.15) is 0 Å². The van der Waals surface area contributed by atoms with Crippen molar-refractivity contribution >= 4 is 5.91 Å². The zero-order valence-electron chi connectivity index (χ0n) is 11.6. The van der Waals surface area contributed by atoms with Gasteiger partial charge in [-0.3, -0.25) is 4.79 Å². The molecule has 1 N–H and O–H groups in total. The third kappa shape index (κ3) is 4.60. The minimum Gasteiger partial charge on any atom is -0.356 e.